The van der Waals surface area contributed by atoms with E-state index < -0.39 is 5.60 Å². The van der Waals surface area contributed by atoms with E-state index in [-0.39, 0.29) is 5.41 Å². The molecule has 1 nitrogen and oxygen atoms in total. The van der Waals surface area contributed by atoms with E-state index in [1.807, 2.05) is 13.8 Å². The lowest BCUT2D eigenvalue weighted by Gasteiger charge is -2.37. The topological polar surface area (TPSA) is 20.2 Å². The summed E-state index contributed by atoms with van der Waals surface area (Å²) in [5.41, 5.74) is -0.527. The second-order valence-electron chi connectivity index (χ2n) is 7.02. The molecule has 0 spiro atoms. The van der Waals surface area contributed by atoms with Gasteiger partial charge in [-0.25, -0.2) is 0 Å². The molecule has 0 saturated heterocycles. The van der Waals surface area contributed by atoms with Gasteiger partial charge in [-0.1, -0.05) is 78.6 Å². The second kappa shape index (κ2) is 8.96. The predicted molar refractivity (Wildman–Crippen MR) is 81.9 cm³/mol. The molecule has 0 saturated carbocycles. The lowest BCUT2D eigenvalue weighted by atomic mass is 9.73. The molecular weight excluding hydrogens is 220 g/mol. The van der Waals surface area contributed by atoms with Crippen LogP contribution in [0.3, 0.4) is 0 Å². The van der Waals surface area contributed by atoms with Gasteiger partial charge >= 0.3 is 0 Å². The largest absolute Gasteiger partial charge is 0.390 e. The Morgan fingerprint density at radius 1 is 0.667 bits per heavy atom. The lowest BCUT2D eigenvalue weighted by molar-refractivity contribution is -0.0405. The quantitative estimate of drug-likeness (QED) is 0.470. The Morgan fingerprint density at radius 3 is 1.44 bits per heavy atom. The normalized spacial score (nSPS) is 13.0. The third-order valence-corrected chi connectivity index (χ3v) is 4.56. The van der Waals surface area contributed by atoms with Crippen LogP contribution in [0.25, 0.3) is 0 Å². The van der Waals surface area contributed by atoms with Crippen LogP contribution in [-0.4, -0.2) is 10.7 Å². The zero-order valence-electron chi connectivity index (χ0n) is 13.5. The fourth-order valence-electron chi connectivity index (χ4n) is 2.18. The standard InChI is InChI=1S/C17H36O/c1-6-7-8-9-10-11-12-13-14-15-16(2,3)17(4,5)18/h18H,6-15H2,1-5H3. The summed E-state index contributed by atoms with van der Waals surface area (Å²) < 4.78 is 0. The Hall–Kier alpha value is -0.0400. The molecule has 1 heteroatoms. The molecule has 0 unspecified atom stereocenters. The summed E-state index contributed by atoms with van der Waals surface area (Å²) in [7, 11) is 0. The highest BCUT2D eigenvalue weighted by molar-refractivity contribution is 4.85. The van der Waals surface area contributed by atoms with Crippen LogP contribution in [0.2, 0.25) is 0 Å². The molecule has 0 rings (SSSR count). The van der Waals surface area contributed by atoms with Gasteiger partial charge in [0, 0.05) is 0 Å². The van der Waals surface area contributed by atoms with Crippen LogP contribution in [0.5, 0.6) is 0 Å². The van der Waals surface area contributed by atoms with E-state index in [2.05, 4.69) is 20.8 Å². The first-order chi connectivity index (χ1) is 8.31. The summed E-state index contributed by atoms with van der Waals surface area (Å²) in [6.45, 7) is 10.5. The van der Waals surface area contributed by atoms with Gasteiger partial charge in [0.2, 0.25) is 0 Å². The summed E-state index contributed by atoms with van der Waals surface area (Å²) in [4.78, 5) is 0. The number of aliphatic hydroxyl groups is 1. The first kappa shape index (κ1) is 18.0. The molecule has 0 aromatic heterocycles. The molecule has 0 aliphatic heterocycles. The van der Waals surface area contributed by atoms with Gasteiger partial charge in [-0.05, 0) is 25.7 Å². The monoisotopic (exact) mass is 256 g/mol. The predicted octanol–water partition coefficient (Wildman–Crippen LogP) is 5.70. The molecule has 0 atom stereocenters. The van der Waals surface area contributed by atoms with Gasteiger partial charge in [0.15, 0.2) is 0 Å². The third kappa shape index (κ3) is 8.13. The minimum Gasteiger partial charge on any atom is -0.390 e. The van der Waals surface area contributed by atoms with Crippen molar-refractivity contribution >= 4 is 0 Å². The smallest absolute Gasteiger partial charge is 0.0642 e. The van der Waals surface area contributed by atoms with Crippen molar-refractivity contribution in [2.75, 3.05) is 0 Å². The molecular formula is C17H36O. The number of hydrogen-bond donors (Lipinski definition) is 1. The minimum absolute atomic E-state index is 0.0358. The fraction of sp³-hybridized carbons (Fsp3) is 1.00. The van der Waals surface area contributed by atoms with Crippen molar-refractivity contribution in [1.82, 2.24) is 0 Å². The van der Waals surface area contributed by atoms with Crippen molar-refractivity contribution in [1.29, 1.82) is 0 Å². The molecule has 0 aliphatic carbocycles. The fourth-order valence-corrected chi connectivity index (χ4v) is 2.18. The second-order valence-corrected chi connectivity index (χ2v) is 7.02. The first-order valence-corrected chi connectivity index (χ1v) is 8.03. The Labute approximate surface area is 115 Å². The SMILES string of the molecule is CCCCCCCCCCCC(C)(C)C(C)(C)O. The summed E-state index contributed by atoms with van der Waals surface area (Å²) in [6.07, 6.45) is 13.5. The first-order valence-electron chi connectivity index (χ1n) is 8.03. The van der Waals surface area contributed by atoms with E-state index in [1.54, 1.807) is 0 Å². The van der Waals surface area contributed by atoms with E-state index in [0.29, 0.717) is 0 Å². The molecule has 0 fully saturated rings. The van der Waals surface area contributed by atoms with Crippen LogP contribution in [-0.2, 0) is 0 Å². The minimum atomic E-state index is -0.562. The van der Waals surface area contributed by atoms with Crippen molar-refractivity contribution in [2.24, 2.45) is 5.41 Å². The van der Waals surface area contributed by atoms with E-state index in [9.17, 15) is 5.11 Å². The van der Waals surface area contributed by atoms with Gasteiger partial charge in [0.05, 0.1) is 5.60 Å². The van der Waals surface area contributed by atoms with Crippen LogP contribution >= 0.6 is 0 Å². The molecule has 18 heavy (non-hydrogen) atoms. The maximum absolute atomic E-state index is 10.1. The Bertz CT molecular complexity index is 188. The van der Waals surface area contributed by atoms with Crippen molar-refractivity contribution in [3.8, 4) is 0 Å². The maximum atomic E-state index is 10.1. The van der Waals surface area contributed by atoms with Gasteiger partial charge in [0.1, 0.15) is 0 Å². The highest BCUT2D eigenvalue weighted by atomic mass is 16.3. The van der Waals surface area contributed by atoms with Gasteiger partial charge in [0.25, 0.3) is 0 Å². The molecule has 1 N–H and O–H groups in total. The van der Waals surface area contributed by atoms with E-state index >= 15 is 0 Å². The Balaban J connectivity index is 3.41. The molecule has 0 bridgehead atoms. The molecule has 110 valence electrons. The van der Waals surface area contributed by atoms with Gasteiger partial charge in [-0.3, -0.25) is 0 Å². The lowest BCUT2D eigenvalue weighted by Crippen LogP contribution is -2.38. The van der Waals surface area contributed by atoms with Crippen molar-refractivity contribution in [2.45, 2.75) is 104 Å². The van der Waals surface area contributed by atoms with Crippen molar-refractivity contribution in [3.63, 3.8) is 0 Å². The molecule has 0 aliphatic rings. The van der Waals surface area contributed by atoms with Gasteiger partial charge in [-0.15, -0.1) is 0 Å². The number of rotatable bonds is 11. The van der Waals surface area contributed by atoms with Crippen LogP contribution in [0.4, 0.5) is 0 Å². The summed E-state index contributed by atoms with van der Waals surface area (Å²) >= 11 is 0. The maximum Gasteiger partial charge on any atom is 0.0642 e. The average Bonchev–Trinajstić information content (AvgIpc) is 2.25. The van der Waals surface area contributed by atoms with Crippen molar-refractivity contribution < 1.29 is 5.11 Å². The number of hydrogen-bond acceptors (Lipinski definition) is 1. The van der Waals surface area contributed by atoms with Crippen LogP contribution in [0.1, 0.15) is 98.8 Å². The zero-order chi connectivity index (χ0) is 14.1. The average molecular weight is 256 g/mol. The molecule has 0 aromatic rings. The summed E-state index contributed by atoms with van der Waals surface area (Å²) in [5, 5.41) is 10.1. The van der Waals surface area contributed by atoms with Crippen LogP contribution < -0.4 is 0 Å². The van der Waals surface area contributed by atoms with Crippen LogP contribution in [0, 0.1) is 5.41 Å². The summed E-state index contributed by atoms with van der Waals surface area (Å²) in [6, 6.07) is 0. The molecule has 0 heterocycles. The Kier molecular flexibility index (Phi) is 8.94. The Morgan fingerprint density at radius 2 is 1.06 bits per heavy atom. The van der Waals surface area contributed by atoms with Crippen molar-refractivity contribution in [3.05, 3.63) is 0 Å². The highest BCUT2D eigenvalue weighted by Crippen LogP contribution is 2.35. The van der Waals surface area contributed by atoms with E-state index in [4.69, 9.17) is 0 Å². The third-order valence-electron chi connectivity index (χ3n) is 4.56. The molecule has 0 radical (unpaired) electrons. The zero-order valence-corrected chi connectivity index (χ0v) is 13.5. The van der Waals surface area contributed by atoms with E-state index in [0.717, 1.165) is 6.42 Å². The molecule has 0 aromatic carbocycles. The van der Waals surface area contributed by atoms with Gasteiger partial charge in [-0.2, -0.15) is 0 Å². The van der Waals surface area contributed by atoms with Crippen LogP contribution in [0.15, 0.2) is 0 Å². The highest BCUT2D eigenvalue weighted by Gasteiger charge is 2.33. The van der Waals surface area contributed by atoms with E-state index in [1.165, 1.54) is 57.8 Å². The van der Waals surface area contributed by atoms with Gasteiger partial charge < -0.3 is 5.11 Å². The molecule has 0 amide bonds. The number of unbranched alkanes of at least 4 members (excludes halogenated alkanes) is 8. The summed E-state index contributed by atoms with van der Waals surface area (Å²) in [5.74, 6) is 0.